The quantitative estimate of drug-likeness (QED) is 0.408. The minimum atomic E-state index is -0.599. The van der Waals surface area contributed by atoms with Gasteiger partial charge in [0.2, 0.25) is 0 Å². The van der Waals surface area contributed by atoms with E-state index < -0.39 is 5.60 Å². The van der Waals surface area contributed by atoms with Gasteiger partial charge in [-0.3, -0.25) is 4.99 Å². The largest absolute Gasteiger partial charge is 0.472 e. The fraction of sp³-hybridized carbons (Fsp3) is 0.583. The molecule has 1 aliphatic heterocycles. The van der Waals surface area contributed by atoms with Gasteiger partial charge in [0.25, 0.3) is 0 Å². The lowest BCUT2D eigenvalue weighted by molar-refractivity contribution is 0.0724. The Morgan fingerprint density at radius 1 is 1.58 bits per heavy atom. The predicted octanol–water partition coefficient (Wildman–Crippen LogP) is 1.43. The molecule has 7 heteroatoms. The summed E-state index contributed by atoms with van der Waals surface area (Å²) in [6, 6.07) is 1.90. The number of hydrogen-bond donors (Lipinski definition) is 3. The van der Waals surface area contributed by atoms with E-state index in [4.69, 9.17) is 4.42 Å². The lowest BCUT2D eigenvalue weighted by Gasteiger charge is -2.23. The van der Waals surface area contributed by atoms with Crippen LogP contribution in [0.4, 0.5) is 0 Å². The summed E-state index contributed by atoms with van der Waals surface area (Å²) in [4.78, 5) is 4.13. The summed E-state index contributed by atoms with van der Waals surface area (Å²) in [6.07, 6.45) is 4.18. The maximum atomic E-state index is 10.2. The topological polar surface area (TPSA) is 69.8 Å². The van der Waals surface area contributed by atoms with Crippen LogP contribution in [0.5, 0.6) is 0 Å². The maximum Gasteiger partial charge on any atom is 0.191 e. The zero-order valence-corrected chi connectivity index (χ0v) is 14.0. The normalized spacial score (nSPS) is 22.9. The Balaban J connectivity index is 0.00000180. The second kappa shape index (κ2) is 8.01. The Bertz CT molecular complexity index is 392. The molecule has 2 heterocycles. The summed E-state index contributed by atoms with van der Waals surface area (Å²) in [5, 5.41) is 16.5. The van der Waals surface area contributed by atoms with Crippen LogP contribution in [0.15, 0.2) is 28.0 Å². The van der Waals surface area contributed by atoms with Crippen molar-refractivity contribution in [2.45, 2.75) is 18.6 Å². The second-order valence-corrected chi connectivity index (χ2v) is 5.54. The van der Waals surface area contributed by atoms with Crippen LogP contribution >= 0.6 is 35.7 Å². The molecule has 1 atom stereocenters. The van der Waals surface area contributed by atoms with Crippen molar-refractivity contribution in [2.24, 2.45) is 4.99 Å². The van der Waals surface area contributed by atoms with Gasteiger partial charge in [0, 0.05) is 31.5 Å². The van der Waals surface area contributed by atoms with Crippen molar-refractivity contribution in [2.75, 3.05) is 25.1 Å². The average molecular weight is 397 g/mol. The summed E-state index contributed by atoms with van der Waals surface area (Å²) in [6.45, 7) is 1.19. The summed E-state index contributed by atoms with van der Waals surface area (Å²) >= 11 is 1.79. The number of thioether (sulfide) groups is 1. The van der Waals surface area contributed by atoms with Crippen molar-refractivity contribution >= 4 is 41.7 Å². The number of furan rings is 1. The molecule has 1 aromatic heterocycles. The number of guanidine groups is 1. The molecule has 1 fully saturated rings. The first-order valence-electron chi connectivity index (χ1n) is 5.98. The molecule has 0 aromatic carbocycles. The molecule has 3 N–H and O–H groups in total. The Hall–Kier alpha value is -0.410. The van der Waals surface area contributed by atoms with Crippen LogP contribution in [0.2, 0.25) is 0 Å². The van der Waals surface area contributed by atoms with E-state index in [0.717, 1.165) is 23.5 Å². The molecule has 1 unspecified atom stereocenters. The van der Waals surface area contributed by atoms with E-state index in [1.165, 1.54) is 0 Å². The van der Waals surface area contributed by atoms with Gasteiger partial charge < -0.3 is 20.2 Å². The van der Waals surface area contributed by atoms with Crippen LogP contribution < -0.4 is 10.6 Å². The second-order valence-electron chi connectivity index (χ2n) is 4.44. The fourth-order valence-electron chi connectivity index (χ4n) is 1.78. The lowest BCUT2D eigenvalue weighted by Crippen LogP contribution is -2.47. The van der Waals surface area contributed by atoms with Gasteiger partial charge in [-0.1, -0.05) is 0 Å². The molecule has 108 valence electrons. The molecule has 5 nitrogen and oxygen atoms in total. The van der Waals surface area contributed by atoms with Crippen molar-refractivity contribution in [3.8, 4) is 0 Å². The SMILES string of the molecule is CN=C(NCc1ccoc1)NCC1(O)CCSC1.I. The Kier molecular flexibility index (Phi) is 7.01. The molecule has 1 aromatic rings. The average Bonchev–Trinajstić information content (AvgIpc) is 3.01. The highest BCUT2D eigenvalue weighted by molar-refractivity contribution is 14.0. The van der Waals surface area contributed by atoms with Crippen molar-refractivity contribution in [1.82, 2.24) is 10.6 Å². The number of hydrogen-bond acceptors (Lipinski definition) is 4. The number of nitrogens with one attached hydrogen (secondary N) is 2. The van der Waals surface area contributed by atoms with Crippen LogP contribution in [0, 0.1) is 0 Å². The standard InChI is InChI=1S/C12H19N3O2S.HI/c1-13-11(14-6-10-2-4-17-7-10)15-8-12(16)3-5-18-9-12;/h2,4,7,16H,3,5-6,8-9H2,1H3,(H2,13,14,15);1H. The predicted molar refractivity (Wildman–Crippen MR) is 89.2 cm³/mol. The Labute approximate surface area is 134 Å². The van der Waals surface area contributed by atoms with E-state index in [1.54, 1.807) is 31.3 Å². The fourth-order valence-corrected chi connectivity index (χ4v) is 3.08. The summed E-state index contributed by atoms with van der Waals surface area (Å²) < 4.78 is 4.99. The molecule has 0 aliphatic carbocycles. The zero-order valence-electron chi connectivity index (χ0n) is 10.9. The summed E-state index contributed by atoms with van der Waals surface area (Å²) in [7, 11) is 1.72. The zero-order chi connectivity index (χ0) is 12.8. The number of nitrogens with zero attached hydrogens (tertiary/aromatic N) is 1. The van der Waals surface area contributed by atoms with Crippen LogP contribution in [0.1, 0.15) is 12.0 Å². The smallest absolute Gasteiger partial charge is 0.191 e. The lowest BCUT2D eigenvalue weighted by atomic mass is 10.0. The van der Waals surface area contributed by atoms with Gasteiger partial charge in [-0.05, 0) is 18.2 Å². The number of halogens is 1. The Morgan fingerprint density at radius 3 is 3.00 bits per heavy atom. The molecular formula is C12H20IN3O2S. The highest BCUT2D eigenvalue weighted by Crippen LogP contribution is 2.26. The number of rotatable bonds is 4. The molecule has 1 aliphatic rings. The van der Waals surface area contributed by atoms with Crippen molar-refractivity contribution < 1.29 is 9.52 Å². The number of aliphatic imine (C=N–C) groups is 1. The van der Waals surface area contributed by atoms with Crippen molar-refractivity contribution in [3.05, 3.63) is 24.2 Å². The maximum absolute atomic E-state index is 10.2. The van der Waals surface area contributed by atoms with Crippen LogP contribution in [0.25, 0.3) is 0 Å². The molecule has 0 amide bonds. The summed E-state index contributed by atoms with van der Waals surface area (Å²) in [5.41, 5.74) is 0.464. The van der Waals surface area contributed by atoms with Gasteiger partial charge in [-0.25, -0.2) is 0 Å². The van der Waals surface area contributed by atoms with Gasteiger partial charge in [0.15, 0.2) is 5.96 Å². The van der Waals surface area contributed by atoms with E-state index in [-0.39, 0.29) is 24.0 Å². The van der Waals surface area contributed by atoms with Gasteiger partial charge in [0.1, 0.15) is 0 Å². The highest BCUT2D eigenvalue weighted by atomic mass is 127. The van der Waals surface area contributed by atoms with E-state index in [0.29, 0.717) is 19.0 Å². The van der Waals surface area contributed by atoms with Crippen LogP contribution in [-0.2, 0) is 6.54 Å². The summed E-state index contributed by atoms with van der Waals surface area (Å²) in [5.74, 6) is 2.51. The third kappa shape index (κ3) is 5.23. The molecule has 0 saturated carbocycles. The molecule has 0 spiro atoms. The molecule has 2 rings (SSSR count). The first-order valence-corrected chi connectivity index (χ1v) is 7.13. The van der Waals surface area contributed by atoms with Crippen LogP contribution in [0.3, 0.4) is 0 Å². The van der Waals surface area contributed by atoms with E-state index >= 15 is 0 Å². The molecule has 19 heavy (non-hydrogen) atoms. The first-order chi connectivity index (χ1) is 8.72. The van der Waals surface area contributed by atoms with Crippen molar-refractivity contribution in [3.63, 3.8) is 0 Å². The Morgan fingerprint density at radius 2 is 2.42 bits per heavy atom. The van der Waals surface area contributed by atoms with Gasteiger partial charge in [0.05, 0.1) is 18.1 Å². The monoisotopic (exact) mass is 397 g/mol. The molecule has 0 bridgehead atoms. The van der Waals surface area contributed by atoms with E-state index in [2.05, 4.69) is 15.6 Å². The minimum Gasteiger partial charge on any atom is -0.472 e. The van der Waals surface area contributed by atoms with Gasteiger partial charge in [-0.2, -0.15) is 11.8 Å². The highest BCUT2D eigenvalue weighted by Gasteiger charge is 2.31. The minimum absolute atomic E-state index is 0. The van der Waals surface area contributed by atoms with E-state index in [1.807, 2.05) is 6.07 Å². The number of aliphatic hydroxyl groups is 1. The first kappa shape index (κ1) is 16.6. The molecule has 0 radical (unpaired) electrons. The van der Waals surface area contributed by atoms with Crippen LogP contribution in [-0.4, -0.2) is 41.8 Å². The molecule has 1 saturated heterocycles. The third-order valence-electron chi connectivity index (χ3n) is 2.93. The van der Waals surface area contributed by atoms with E-state index in [9.17, 15) is 5.11 Å². The van der Waals surface area contributed by atoms with Gasteiger partial charge in [-0.15, -0.1) is 24.0 Å². The van der Waals surface area contributed by atoms with Crippen molar-refractivity contribution in [1.29, 1.82) is 0 Å². The third-order valence-corrected chi connectivity index (χ3v) is 4.17. The molecular weight excluding hydrogens is 377 g/mol. The van der Waals surface area contributed by atoms with Gasteiger partial charge >= 0.3 is 0 Å².